The lowest BCUT2D eigenvalue weighted by Gasteiger charge is -2.19. The average Bonchev–Trinajstić information content (AvgIpc) is 3.10. The smallest absolute Gasteiger partial charge is 0.142 e. The lowest BCUT2D eigenvalue weighted by atomic mass is 10.0. The van der Waals surface area contributed by atoms with Crippen LogP contribution in [0.2, 0.25) is 5.02 Å². The van der Waals surface area contributed by atoms with Crippen molar-refractivity contribution >= 4 is 11.6 Å². The Hall–Kier alpha value is -0.600. The molecule has 1 atom stereocenters. The third-order valence-corrected chi connectivity index (χ3v) is 4.24. The van der Waals surface area contributed by atoms with Crippen LogP contribution in [-0.2, 0) is 0 Å². The molecule has 0 spiro atoms. The predicted molar refractivity (Wildman–Crippen MR) is 69.8 cm³/mol. The molecular formula is C14H19ClFN. The van der Waals surface area contributed by atoms with Gasteiger partial charge in [-0.1, -0.05) is 24.6 Å². The molecule has 1 aromatic rings. The van der Waals surface area contributed by atoms with Gasteiger partial charge in [0.25, 0.3) is 0 Å². The maximum atomic E-state index is 13.3. The van der Waals surface area contributed by atoms with Crippen LogP contribution in [0.3, 0.4) is 0 Å². The van der Waals surface area contributed by atoms with E-state index < -0.39 is 0 Å². The summed E-state index contributed by atoms with van der Waals surface area (Å²) in [6, 6.07) is 5.20. The van der Waals surface area contributed by atoms with Gasteiger partial charge in [0.1, 0.15) is 5.82 Å². The zero-order valence-electron chi connectivity index (χ0n) is 10.4. The standard InChI is InChI=1S/C14H19ClFN/c1-3-14(6-7-14)9-17-10(2)11-4-5-12(15)13(16)8-11/h4-5,8,10,17H,3,6-7,9H2,1-2H3. The lowest BCUT2D eigenvalue weighted by Crippen LogP contribution is -2.26. The maximum Gasteiger partial charge on any atom is 0.142 e. The lowest BCUT2D eigenvalue weighted by molar-refractivity contribution is 0.414. The molecule has 2 rings (SSSR count). The quantitative estimate of drug-likeness (QED) is 0.826. The molecule has 1 aliphatic carbocycles. The van der Waals surface area contributed by atoms with E-state index >= 15 is 0 Å². The Kier molecular flexibility index (Phi) is 3.74. The van der Waals surface area contributed by atoms with E-state index in [0.29, 0.717) is 5.41 Å². The highest BCUT2D eigenvalue weighted by atomic mass is 35.5. The van der Waals surface area contributed by atoms with Crippen molar-refractivity contribution in [1.29, 1.82) is 0 Å². The summed E-state index contributed by atoms with van der Waals surface area (Å²) in [5.74, 6) is -0.338. The van der Waals surface area contributed by atoms with Crippen LogP contribution in [0.5, 0.6) is 0 Å². The Morgan fingerprint density at radius 2 is 2.18 bits per heavy atom. The fourth-order valence-electron chi connectivity index (χ4n) is 2.10. The van der Waals surface area contributed by atoms with E-state index in [9.17, 15) is 4.39 Å². The molecule has 0 aliphatic heterocycles. The van der Waals surface area contributed by atoms with Gasteiger partial charge in [0.05, 0.1) is 5.02 Å². The minimum Gasteiger partial charge on any atom is -0.310 e. The van der Waals surface area contributed by atoms with Crippen molar-refractivity contribution < 1.29 is 4.39 Å². The Balaban J connectivity index is 1.95. The number of benzene rings is 1. The van der Waals surface area contributed by atoms with Gasteiger partial charge in [-0.05, 0) is 49.3 Å². The molecule has 0 heterocycles. The molecule has 1 nitrogen and oxygen atoms in total. The largest absolute Gasteiger partial charge is 0.310 e. The first-order chi connectivity index (χ1) is 8.06. The topological polar surface area (TPSA) is 12.0 Å². The van der Waals surface area contributed by atoms with Gasteiger partial charge in [-0.2, -0.15) is 0 Å². The van der Waals surface area contributed by atoms with Gasteiger partial charge in [-0.25, -0.2) is 4.39 Å². The molecule has 0 aromatic heterocycles. The molecule has 1 aromatic carbocycles. The zero-order valence-corrected chi connectivity index (χ0v) is 11.1. The van der Waals surface area contributed by atoms with Crippen LogP contribution in [0.1, 0.15) is 44.7 Å². The van der Waals surface area contributed by atoms with Crippen molar-refractivity contribution in [2.24, 2.45) is 5.41 Å². The molecule has 1 fully saturated rings. The van der Waals surface area contributed by atoms with Gasteiger partial charge in [0.15, 0.2) is 0 Å². The van der Waals surface area contributed by atoms with Crippen molar-refractivity contribution in [3.8, 4) is 0 Å². The van der Waals surface area contributed by atoms with Gasteiger partial charge in [0.2, 0.25) is 0 Å². The molecule has 3 heteroatoms. The molecular weight excluding hydrogens is 237 g/mol. The Bertz CT molecular complexity index is 401. The third kappa shape index (κ3) is 2.99. The fraction of sp³-hybridized carbons (Fsp3) is 0.571. The van der Waals surface area contributed by atoms with Crippen molar-refractivity contribution in [1.82, 2.24) is 5.32 Å². The summed E-state index contributed by atoms with van der Waals surface area (Å²) in [6.45, 7) is 5.32. The van der Waals surface area contributed by atoms with Gasteiger partial charge in [0, 0.05) is 12.6 Å². The van der Waals surface area contributed by atoms with Gasteiger partial charge >= 0.3 is 0 Å². The van der Waals surface area contributed by atoms with Crippen LogP contribution in [-0.4, -0.2) is 6.54 Å². The summed E-state index contributed by atoms with van der Waals surface area (Å²) in [6.07, 6.45) is 3.86. The first-order valence-electron chi connectivity index (χ1n) is 6.25. The van der Waals surface area contributed by atoms with E-state index in [2.05, 4.69) is 19.2 Å². The molecule has 1 unspecified atom stereocenters. The minimum absolute atomic E-state index is 0.172. The van der Waals surface area contributed by atoms with Crippen LogP contribution in [0.4, 0.5) is 4.39 Å². The van der Waals surface area contributed by atoms with Crippen LogP contribution < -0.4 is 5.32 Å². The normalized spacial score (nSPS) is 19.1. The van der Waals surface area contributed by atoms with Crippen molar-refractivity contribution in [2.75, 3.05) is 6.54 Å². The highest BCUT2D eigenvalue weighted by Crippen LogP contribution is 2.48. The molecule has 0 bridgehead atoms. The summed E-state index contributed by atoms with van der Waals surface area (Å²) in [7, 11) is 0. The van der Waals surface area contributed by atoms with E-state index in [1.807, 2.05) is 6.07 Å². The van der Waals surface area contributed by atoms with Crippen LogP contribution in [0, 0.1) is 11.2 Å². The first kappa shape index (κ1) is 12.8. The molecule has 94 valence electrons. The number of hydrogen-bond donors (Lipinski definition) is 1. The first-order valence-corrected chi connectivity index (χ1v) is 6.62. The van der Waals surface area contributed by atoms with Gasteiger partial charge in [-0.3, -0.25) is 0 Å². The second-order valence-corrected chi connectivity index (χ2v) is 5.54. The molecule has 0 radical (unpaired) electrons. The summed E-state index contributed by atoms with van der Waals surface area (Å²) in [4.78, 5) is 0. The molecule has 1 N–H and O–H groups in total. The minimum atomic E-state index is -0.338. The number of hydrogen-bond acceptors (Lipinski definition) is 1. The monoisotopic (exact) mass is 255 g/mol. The SMILES string of the molecule is CCC1(CNC(C)c2ccc(Cl)c(F)c2)CC1. The van der Waals surface area contributed by atoms with E-state index in [1.54, 1.807) is 6.07 Å². The third-order valence-electron chi connectivity index (χ3n) is 3.93. The Labute approximate surface area is 107 Å². The molecule has 1 saturated carbocycles. The zero-order chi connectivity index (χ0) is 12.5. The van der Waals surface area contributed by atoms with E-state index in [0.717, 1.165) is 12.1 Å². The summed E-state index contributed by atoms with van der Waals surface area (Å²) >= 11 is 5.67. The Morgan fingerprint density at radius 1 is 1.47 bits per heavy atom. The molecule has 0 saturated heterocycles. The van der Waals surface area contributed by atoms with E-state index in [-0.39, 0.29) is 16.9 Å². The highest BCUT2D eigenvalue weighted by Gasteiger charge is 2.40. The van der Waals surface area contributed by atoms with Crippen LogP contribution in [0.15, 0.2) is 18.2 Å². The summed E-state index contributed by atoms with van der Waals surface area (Å²) < 4.78 is 13.3. The van der Waals surface area contributed by atoms with Crippen molar-refractivity contribution in [2.45, 2.75) is 39.2 Å². The van der Waals surface area contributed by atoms with E-state index in [4.69, 9.17) is 11.6 Å². The molecule has 0 amide bonds. The second-order valence-electron chi connectivity index (χ2n) is 5.13. The van der Waals surface area contributed by atoms with Crippen molar-refractivity contribution in [3.05, 3.63) is 34.6 Å². The summed E-state index contributed by atoms with van der Waals surface area (Å²) in [5, 5.41) is 3.68. The predicted octanol–water partition coefficient (Wildman–Crippen LogP) is 4.32. The van der Waals surface area contributed by atoms with E-state index in [1.165, 1.54) is 25.3 Å². The van der Waals surface area contributed by atoms with Crippen LogP contribution >= 0.6 is 11.6 Å². The average molecular weight is 256 g/mol. The van der Waals surface area contributed by atoms with Gasteiger partial charge < -0.3 is 5.32 Å². The second kappa shape index (κ2) is 4.95. The molecule has 1 aliphatic rings. The van der Waals surface area contributed by atoms with Crippen LogP contribution in [0.25, 0.3) is 0 Å². The van der Waals surface area contributed by atoms with Crippen molar-refractivity contribution in [3.63, 3.8) is 0 Å². The molecule has 17 heavy (non-hydrogen) atoms. The Morgan fingerprint density at radius 3 is 2.71 bits per heavy atom. The maximum absolute atomic E-state index is 13.3. The highest BCUT2D eigenvalue weighted by molar-refractivity contribution is 6.30. The van der Waals surface area contributed by atoms with Gasteiger partial charge in [-0.15, -0.1) is 0 Å². The summed E-state index contributed by atoms with van der Waals surface area (Å²) in [5.41, 5.74) is 1.47. The number of nitrogens with one attached hydrogen (secondary N) is 1. The fourth-order valence-corrected chi connectivity index (χ4v) is 2.22. The number of rotatable bonds is 5. The number of halogens is 2.